The van der Waals surface area contributed by atoms with E-state index in [4.69, 9.17) is 0 Å². The van der Waals surface area contributed by atoms with Crippen LogP contribution in [0.4, 0.5) is 5.69 Å². The average molecular weight is 247 g/mol. The molecule has 0 saturated carbocycles. The minimum Gasteiger partial charge on any atom is -0.258 e. The molecule has 0 aliphatic rings. The Kier molecular flexibility index (Phi) is 3.37. The van der Waals surface area contributed by atoms with Gasteiger partial charge < -0.3 is 0 Å². The van der Waals surface area contributed by atoms with Crippen LogP contribution in [-0.4, -0.2) is 19.7 Å². The number of non-ortho nitro benzene ring substituents is 1. The van der Waals surface area contributed by atoms with Gasteiger partial charge in [0.25, 0.3) is 5.69 Å². The standard InChI is InChI=1S/C10H9N5O3/c16-13-10(5-14-7-11-6-12-14)8-1-3-9(4-2-8)15(17)18/h1-4,6-7,10H,5H2. The molecule has 0 amide bonds. The Labute approximate surface area is 101 Å². The summed E-state index contributed by atoms with van der Waals surface area (Å²) in [5, 5.41) is 17.4. The van der Waals surface area contributed by atoms with Crippen molar-refractivity contribution >= 4 is 5.69 Å². The monoisotopic (exact) mass is 247 g/mol. The number of rotatable bonds is 5. The highest BCUT2D eigenvalue weighted by atomic mass is 16.6. The third-order valence-electron chi connectivity index (χ3n) is 2.44. The maximum absolute atomic E-state index is 10.8. The van der Waals surface area contributed by atoms with Gasteiger partial charge in [-0.1, -0.05) is 5.18 Å². The molecule has 1 heterocycles. The van der Waals surface area contributed by atoms with E-state index in [1.807, 2.05) is 0 Å². The van der Waals surface area contributed by atoms with Crippen molar-refractivity contribution < 1.29 is 4.92 Å². The molecule has 0 radical (unpaired) electrons. The van der Waals surface area contributed by atoms with Crippen molar-refractivity contribution in [3.63, 3.8) is 0 Å². The van der Waals surface area contributed by atoms with Gasteiger partial charge in [-0.15, -0.1) is 0 Å². The van der Waals surface area contributed by atoms with Gasteiger partial charge in [0.2, 0.25) is 0 Å². The van der Waals surface area contributed by atoms with Crippen molar-refractivity contribution in [1.29, 1.82) is 0 Å². The summed E-state index contributed by atoms with van der Waals surface area (Å²) < 4.78 is 1.48. The largest absolute Gasteiger partial charge is 0.269 e. The summed E-state index contributed by atoms with van der Waals surface area (Å²) in [6.07, 6.45) is 2.83. The van der Waals surface area contributed by atoms with Gasteiger partial charge in [-0.2, -0.15) is 10.0 Å². The van der Waals surface area contributed by atoms with Gasteiger partial charge in [-0.3, -0.25) is 14.8 Å². The Morgan fingerprint density at radius 2 is 2.11 bits per heavy atom. The van der Waals surface area contributed by atoms with Crippen molar-refractivity contribution in [1.82, 2.24) is 14.8 Å². The molecule has 0 aliphatic heterocycles. The third-order valence-corrected chi connectivity index (χ3v) is 2.44. The van der Waals surface area contributed by atoms with Crippen LogP contribution in [0.15, 0.2) is 42.1 Å². The number of hydrogen-bond donors (Lipinski definition) is 0. The molecular formula is C10H9N5O3. The van der Waals surface area contributed by atoms with Gasteiger partial charge in [0.15, 0.2) is 0 Å². The Bertz CT molecular complexity index is 537. The van der Waals surface area contributed by atoms with E-state index >= 15 is 0 Å². The second kappa shape index (κ2) is 5.13. The van der Waals surface area contributed by atoms with Gasteiger partial charge >= 0.3 is 0 Å². The number of nitroso groups, excluding NO2 is 1. The minimum absolute atomic E-state index is 0.0239. The molecule has 2 aromatic rings. The van der Waals surface area contributed by atoms with Gasteiger partial charge in [0.1, 0.15) is 18.7 Å². The molecule has 2 rings (SSSR count). The fraction of sp³-hybridized carbons (Fsp3) is 0.200. The summed E-state index contributed by atoms with van der Waals surface area (Å²) in [6.45, 7) is 0.251. The second-order valence-corrected chi connectivity index (χ2v) is 3.59. The van der Waals surface area contributed by atoms with Gasteiger partial charge in [0.05, 0.1) is 11.5 Å². The van der Waals surface area contributed by atoms with Crippen molar-refractivity contribution in [3.8, 4) is 0 Å². The van der Waals surface area contributed by atoms with E-state index in [-0.39, 0.29) is 12.2 Å². The normalized spacial score (nSPS) is 12.0. The highest BCUT2D eigenvalue weighted by molar-refractivity contribution is 5.34. The van der Waals surface area contributed by atoms with Crippen LogP contribution in [-0.2, 0) is 6.54 Å². The predicted molar refractivity (Wildman–Crippen MR) is 61.7 cm³/mol. The highest BCUT2D eigenvalue weighted by Crippen LogP contribution is 2.21. The summed E-state index contributed by atoms with van der Waals surface area (Å²) in [5.74, 6) is 0. The molecule has 92 valence electrons. The van der Waals surface area contributed by atoms with Crippen LogP contribution >= 0.6 is 0 Å². The van der Waals surface area contributed by atoms with Crippen LogP contribution in [0.3, 0.4) is 0 Å². The molecule has 1 unspecified atom stereocenters. The highest BCUT2D eigenvalue weighted by Gasteiger charge is 2.14. The molecule has 8 nitrogen and oxygen atoms in total. The number of nitrogens with zero attached hydrogens (tertiary/aromatic N) is 5. The van der Waals surface area contributed by atoms with Crippen LogP contribution < -0.4 is 0 Å². The zero-order valence-corrected chi connectivity index (χ0v) is 9.21. The molecule has 1 aromatic heterocycles. The zero-order chi connectivity index (χ0) is 13.0. The molecule has 18 heavy (non-hydrogen) atoms. The lowest BCUT2D eigenvalue weighted by atomic mass is 10.1. The fourth-order valence-corrected chi connectivity index (χ4v) is 1.52. The topological polar surface area (TPSA) is 103 Å². The first kappa shape index (κ1) is 11.8. The Hall–Kier alpha value is -2.64. The first-order chi connectivity index (χ1) is 8.70. The third kappa shape index (κ3) is 2.54. The van der Waals surface area contributed by atoms with Crippen LogP contribution in [0.2, 0.25) is 0 Å². The summed E-state index contributed by atoms with van der Waals surface area (Å²) in [7, 11) is 0. The summed E-state index contributed by atoms with van der Waals surface area (Å²) in [5.41, 5.74) is 0.579. The summed E-state index contributed by atoms with van der Waals surface area (Å²) in [6, 6.07) is 5.07. The fourth-order valence-electron chi connectivity index (χ4n) is 1.52. The van der Waals surface area contributed by atoms with E-state index in [1.54, 1.807) is 0 Å². The molecule has 1 aromatic carbocycles. The smallest absolute Gasteiger partial charge is 0.258 e. The van der Waals surface area contributed by atoms with Crippen molar-refractivity contribution in [3.05, 3.63) is 57.5 Å². The lowest BCUT2D eigenvalue weighted by Gasteiger charge is -2.08. The van der Waals surface area contributed by atoms with E-state index in [9.17, 15) is 15.0 Å². The summed E-state index contributed by atoms with van der Waals surface area (Å²) in [4.78, 5) is 24.6. The maximum Gasteiger partial charge on any atom is 0.269 e. The van der Waals surface area contributed by atoms with E-state index in [0.29, 0.717) is 5.56 Å². The molecule has 0 fully saturated rings. The molecular weight excluding hydrogens is 238 g/mol. The van der Waals surface area contributed by atoms with Gasteiger partial charge in [0, 0.05) is 12.1 Å². The minimum atomic E-state index is -0.646. The van der Waals surface area contributed by atoms with E-state index in [1.165, 1.54) is 41.6 Å². The molecule has 0 aliphatic carbocycles. The number of aromatic nitrogens is 3. The SMILES string of the molecule is O=NC(Cn1cncn1)c1ccc([N+](=O)[O-])cc1. The molecule has 0 saturated heterocycles. The van der Waals surface area contributed by atoms with Gasteiger partial charge in [-0.05, 0) is 17.7 Å². The number of hydrogen-bond acceptors (Lipinski definition) is 6. The van der Waals surface area contributed by atoms with Crippen LogP contribution in [0, 0.1) is 15.0 Å². The Balaban J connectivity index is 2.17. The zero-order valence-electron chi connectivity index (χ0n) is 9.21. The second-order valence-electron chi connectivity index (χ2n) is 3.59. The van der Waals surface area contributed by atoms with Crippen LogP contribution in [0.25, 0.3) is 0 Å². The van der Waals surface area contributed by atoms with Crippen LogP contribution in [0.1, 0.15) is 11.6 Å². The molecule has 1 atom stereocenters. The molecule has 0 N–H and O–H groups in total. The number of nitro groups is 1. The molecule has 0 bridgehead atoms. The average Bonchev–Trinajstić information content (AvgIpc) is 2.89. The van der Waals surface area contributed by atoms with Crippen molar-refractivity contribution in [2.75, 3.05) is 0 Å². The lowest BCUT2D eigenvalue weighted by Crippen LogP contribution is -2.07. The maximum atomic E-state index is 10.8. The van der Waals surface area contributed by atoms with Crippen molar-refractivity contribution in [2.24, 2.45) is 5.18 Å². The van der Waals surface area contributed by atoms with Crippen LogP contribution in [0.5, 0.6) is 0 Å². The van der Waals surface area contributed by atoms with E-state index < -0.39 is 11.0 Å². The lowest BCUT2D eigenvalue weighted by molar-refractivity contribution is -0.384. The van der Waals surface area contributed by atoms with E-state index in [0.717, 1.165) is 0 Å². The Morgan fingerprint density at radius 1 is 1.39 bits per heavy atom. The number of benzene rings is 1. The first-order valence-electron chi connectivity index (χ1n) is 5.10. The number of nitro benzene ring substituents is 1. The predicted octanol–water partition coefficient (Wildman–Crippen LogP) is 1.69. The summed E-state index contributed by atoms with van der Waals surface area (Å²) >= 11 is 0. The van der Waals surface area contributed by atoms with E-state index in [2.05, 4.69) is 15.3 Å². The van der Waals surface area contributed by atoms with Gasteiger partial charge in [-0.25, -0.2) is 4.98 Å². The molecule has 8 heteroatoms. The first-order valence-corrected chi connectivity index (χ1v) is 5.10. The Morgan fingerprint density at radius 3 is 2.61 bits per heavy atom. The molecule has 0 spiro atoms. The quantitative estimate of drug-likeness (QED) is 0.454. The van der Waals surface area contributed by atoms with Crippen molar-refractivity contribution in [2.45, 2.75) is 12.6 Å².